The van der Waals surface area contributed by atoms with E-state index in [1.54, 1.807) is 0 Å². The summed E-state index contributed by atoms with van der Waals surface area (Å²) in [5, 5.41) is 0. The average Bonchev–Trinajstić information content (AvgIpc) is 2.79. The summed E-state index contributed by atoms with van der Waals surface area (Å²) in [5.74, 6) is 0.432. The fraction of sp³-hybridized carbons (Fsp3) is 0.692. The van der Waals surface area contributed by atoms with Crippen molar-refractivity contribution in [3.63, 3.8) is 0 Å². The van der Waals surface area contributed by atoms with Gasteiger partial charge < -0.3 is 9.47 Å². The summed E-state index contributed by atoms with van der Waals surface area (Å²) in [6.07, 6.45) is 11.8. The maximum Gasteiger partial charge on any atom is 0.410 e. The Morgan fingerprint density at radius 3 is 2.19 bits per heavy atom. The van der Waals surface area contributed by atoms with Crippen LogP contribution in [0.4, 0.5) is 4.79 Å². The second-order valence-corrected chi connectivity index (χ2v) is 9.15. The minimum absolute atomic E-state index is 0.0525. The molecule has 0 radical (unpaired) electrons. The summed E-state index contributed by atoms with van der Waals surface area (Å²) in [6, 6.07) is 9.62. The van der Waals surface area contributed by atoms with Crippen LogP contribution in [-0.2, 0) is 20.9 Å². The Labute approximate surface area is 187 Å². The van der Waals surface area contributed by atoms with Crippen molar-refractivity contribution < 1.29 is 19.1 Å². The zero-order valence-corrected chi connectivity index (χ0v) is 19.1. The molecule has 31 heavy (non-hydrogen) atoms. The Hall–Kier alpha value is -1.88. The SMILES string of the molecule is CCCCCCCCCCC(=O)C1CC2COCC(C1)N2C(=O)OCc1ccccc1. The second-order valence-electron chi connectivity index (χ2n) is 9.15. The molecule has 3 rings (SSSR count). The van der Waals surface area contributed by atoms with Crippen molar-refractivity contribution in [2.45, 2.75) is 96.2 Å². The maximum absolute atomic E-state index is 12.8. The van der Waals surface area contributed by atoms with E-state index in [0.29, 0.717) is 38.3 Å². The summed E-state index contributed by atoms with van der Waals surface area (Å²) in [7, 11) is 0. The Kier molecular flexibility index (Phi) is 9.85. The number of Topliss-reactive ketones (excluding diaryl/α,β-unsaturated/α-hetero) is 1. The van der Waals surface area contributed by atoms with Gasteiger partial charge in [-0.15, -0.1) is 0 Å². The first kappa shape index (κ1) is 23.8. The molecule has 172 valence electrons. The van der Waals surface area contributed by atoms with Gasteiger partial charge in [-0.05, 0) is 24.8 Å². The highest BCUT2D eigenvalue weighted by Crippen LogP contribution is 2.33. The molecule has 1 amide bonds. The Morgan fingerprint density at radius 2 is 1.55 bits per heavy atom. The quantitative estimate of drug-likeness (QED) is 0.388. The molecule has 5 heteroatoms. The van der Waals surface area contributed by atoms with Gasteiger partial charge in [0.25, 0.3) is 0 Å². The number of rotatable bonds is 12. The smallest absolute Gasteiger partial charge is 0.410 e. The summed E-state index contributed by atoms with van der Waals surface area (Å²) >= 11 is 0. The molecule has 2 unspecified atom stereocenters. The molecule has 2 fully saturated rings. The lowest BCUT2D eigenvalue weighted by Gasteiger charge is -2.47. The van der Waals surface area contributed by atoms with E-state index >= 15 is 0 Å². The highest BCUT2D eigenvalue weighted by molar-refractivity contribution is 5.81. The Bertz CT molecular complexity index is 663. The second kappa shape index (κ2) is 12.8. The Morgan fingerprint density at radius 1 is 0.935 bits per heavy atom. The van der Waals surface area contributed by atoms with E-state index < -0.39 is 0 Å². The van der Waals surface area contributed by atoms with Crippen molar-refractivity contribution >= 4 is 11.9 Å². The number of ether oxygens (including phenoxy) is 2. The van der Waals surface area contributed by atoms with E-state index in [1.807, 2.05) is 35.2 Å². The van der Waals surface area contributed by atoms with Gasteiger partial charge >= 0.3 is 6.09 Å². The van der Waals surface area contributed by atoms with E-state index in [9.17, 15) is 9.59 Å². The van der Waals surface area contributed by atoms with Crippen molar-refractivity contribution in [3.8, 4) is 0 Å². The van der Waals surface area contributed by atoms with Crippen molar-refractivity contribution in [1.29, 1.82) is 0 Å². The molecule has 2 saturated heterocycles. The third-order valence-electron chi connectivity index (χ3n) is 6.67. The van der Waals surface area contributed by atoms with Crippen LogP contribution < -0.4 is 0 Å². The predicted octanol–water partition coefficient (Wildman–Crippen LogP) is 5.90. The Balaban J connectivity index is 1.40. The van der Waals surface area contributed by atoms with Gasteiger partial charge in [-0.1, -0.05) is 82.2 Å². The van der Waals surface area contributed by atoms with Crippen molar-refractivity contribution in [3.05, 3.63) is 35.9 Å². The number of carbonyl (C=O) groups is 2. The fourth-order valence-electron chi connectivity index (χ4n) is 4.91. The maximum atomic E-state index is 12.8. The molecule has 2 bridgehead atoms. The lowest BCUT2D eigenvalue weighted by atomic mass is 9.81. The van der Waals surface area contributed by atoms with Crippen LogP contribution in [0.2, 0.25) is 0 Å². The molecule has 2 aliphatic heterocycles. The van der Waals surface area contributed by atoms with Crippen LogP contribution in [0.3, 0.4) is 0 Å². The van der Waals surface area contributed by atoms with Crippen LogP contribution in [0, 0.1) is 5.92 Å². The monoisotopic (exact) mass is 429 g/mol. The summed E-state index contributed by atoms with van der Waals surface area (Å²) < 4.78 is 11.3. The average molecular weight is 430 g/mol. The molecule has 1 aromatic carbocycles. The lowest BCUT2D eigenvalue weighted by molar-refractivity contribution is -0.131. The normalized spacial score (nSPS) is 22.9. The first-order valence-corrected chi connectivity index (χ1v) is 12.3. The van der Waals surface area contributed by atoms with Gasteiger partial charge in [-0.2, -0.15) is 0 Å². The third-order valence-corrected chi connectivity index (χ3v) is 6.67. The van der Waals surface area contributed by atoms with Crippen LogP contribution >= 0.6 is 0 Å². The van der Waals surface area contributed by atoms with E-state index in [1.165, 1.54) is 38.5 Å². The topological polar surface area (TPSA) is 55.8 Å². The number of nitrogens with zero attached hydrogens (tertiary/aromatic N) is 1. The van der Waals surface area contributed by atoms with Gasteiger partial charge in [-0.25, -0.2) is 4.79 Å². The van der Waals surface area contributed by atoms with Crippen LogP contribution in [0.15, 0.2) is 30.3 Å². The van der Waals surface area contributed by atoms with E-state index in [0.717, 1.165) is 18.4 Å². The van der Waals surface area contributed by atoms with Gasteiger partial charge in [-0.3, -0.25) is 9.69 Å². The van der Waals surface area contributed by atoms with Gasteiger partial charge in [0.2, 0.25) is 0 Å². The lowest BCUT2D eigenvalue weighted by Crippen LogP contribution is -2.59. The summed E-state index contributed by atoms with van der Waals surface area (Å²) in [6.45, 7) is 3.51. The molecule has 0 aliphatic carbocycles. The molecular weight excluding hydrogens is 390 g/mol. The molecule has 0 N–H and O–H groups in total. The number of morpholine rings is 1. The number of carbonyl (C=O) groups excluding carboxylic acids is 2. The molecule has 1 aromatic rings. The number of amides is 1. The molecule has 0 aromatic heterocycles. The molecule has 0 saturated carbocycles. The molecule has 0 spiro atoms. The van der Waals surface area contributed by atoms with Gasteiger partial charge in [0.1, 0.15) is 12.4 Å². The standard InChI is InChI=1S/C26H39NO4/c1-2-3-4-5-6-7-8-12-15-25(28)22-16-23-19-30-20-24(17-22)27(23)26(29)31-18-21-13-10-9-11-14-21/h9-11,13-14,22-24H,2-8,12,15-20H2,1H3. The number of piperidine rings is 1. The minimum Gasteiger partial charge on any atom is -0.445 e. The van der Waals surface area contributed by atoms with Crippen LogP contribution in [0.1, 0.15) is 83.1 Å². The van der Waals surface area contributed by atoms with Gasteiger partial charge in [0.15, 0.2) is 0 Å². The van der Waals surface area contributed by atoms with Crippen molar-refractivity contribution in [2.75, 3.05) is 13.2 Å². The first-order valence-electron chi connectivity index (χ1n) is 12.3. The minimum atomic E-state index is -0.281. The summed E-state index contributed by atoms with van der Waals surface area (Å²) in [5.41, 5.74) is 0.979. The zero-order valence-electron chi connectivity index (χ0n) is 19.1. The van der Waals surface area contributed by atoms with E-state index in [2.05, 4.69) is 6.92 Å². The zero-order chi connectivity index (χ0) is 21.9. The molecular formula is C26H39NO4. The highest BCUT2D eigenvalue weighted by atomic mass is 16.6. The molecule has 2 atom stereocenters. The largest absolute Gasteiger partial charge is 0.445 e. The highest BCUT2D eigenvalue weighted by Gasteiger charge is 2.44. The molecule has 5 nitrogen and oxygen atoms in total. The number of ketones is 1. The van der Waals surface area contributed by atoms with Crippen LogP contribution in [-0.4, -0.2) is 42.1 Å². The number of benzene rings is 1. The number of fused-ring (bicyclic) bond motifs is 2. The van der Waals surface area contributed by atoms with Crippen molar-refractivity contribution in [2.24, 2.45) is 5.92 Å². The summed E-state index contributed by atoms with van der Waals surface area (Å²) in [4.78, 5) is 27.4. The first-order chi connectivity index (χ1) is 15.2. The van der Waals surface area contributed by atoms with Crippen LogP contribution in [0.25, 0.3) is 0 Å². The van der Waals surface area contributed by atoms with E-state index in [4.69, 9.17) is 9.47 Å². The van der Waals surface area contributed by atoms with Gasteiger partial charge in [0.05, 0.1) is 25.3 Å². The number of unbranched alkanes of at least 4 members (excludes halogenated alkanes) is 7. The fourth-order valence-corrected chi connectivity index (χ4v) is 4.91. The van der Waals surface area contributed by atoms with E-state index in [-0.39, 0.29) is 30.7 Å². The molecule has 2 aliphatic rings. The molecule has 2 heterocycles. The number of hydrogen-bond acceptors (Lipinski definition) is 4. The third kappa shape index (κ3) is 7.34. The predicted molar refractivity (Wildman–Crippen MR) is 122 cm³/mol. The number of hydrogen-bond donors (Lipinski definition) is 0. The van der Waals surface area contributed by atoms with Crippen molar-refractivity contribution in [1.82, 2.24) is 4.90 Å². The van der Waals surface area contributed by atoms with Gasteiger partial charge in [0, 0.05) is 12.3 Å². The van der Waals surface area contributed by atoms with Crippen LogP contribution in [0.5, 0.6) is 0 Å².